The molecule has 1 atom stereocenters. The molecular weight excluding hydrogens is 438 g/mol. The Kier molecular flexibility index (Phi) is 4.72. The number of ether oxygens (including phenoxy) is 3. The third-order valence-electron chi connectivity index (χ3n) is 5.57. The monoisotopic (exact) mass is 457 g/mol. The minimum atomic E-state index is -0.270. The minimum absolute atomic E-state index is 0.225. The highest BCUT2D eigenvalue weighted by Crippen LogP contribution is 2.31. The Bertz CT molecular complexity index is 1560. The summed E-state index contributed by atoms with van der Waals surface area (Å²) in [7, 11) is 1.53. The predicted octanol–water partition coefficient (Wildman–Crippen LogP) is 2.31. The van der Waals surface area contributed by atoms with E-state index in [2.05, 4.69) is 30.5 Å². The van der Waals surface area contributed by atoms with Crippen molar-refractivity contribution in [3.05, 3.63) is 65.3 Å². The summed E-state index contributed by atoms with van der Waals surface area (Å²) in [6, 6.07) is 11.0. The van der Waals surface area contributed by atoms with E-state index in [1.807, 2.05) is 24.3 Å². The number of nitrogens with one attached hydrogen (secondary N) is 2. The van der Waals surface area contributed by atoms with E-state index >= 15 is 0 Å². The first-order valence-electron chi connectivity index (χ1n) is 10.6. The Labute approximate surface area is 192 Å². The lowest BCUT2D eigenvalue weighted by Gasteiger charge is -2.26. The molecule has 0 amide bonds. The van der Waals surface area contributed by atoms with E-state index in [0.717, 1.165) is 5.75 Å². The number of pyridine rings is 2. The number of hydrogen-bond donors (Lipinski definition) is 2. The normalized spacial score (nSPS) is 14.9. The average Bonchev–Trinajstić information content (AvgIpc) is 3.38. The molecule has 0 aliphatic carbocycles. The summed E-state index contributed by atoms with van der Waals surface area (Å²) in [5, 5.41) is 11.2. The van der Waals surface area contributed by atoms with Crippen molar-refractivity contribution < 1.29 is 14.2 Å². The van der Waals surface area contributed by atoms with Crippen LogP contribution in [0, 0.1) is 0 Å². The molecule has 1 unspecified atom stereocenters. The van der Waals surface area contributed by atoms with Gasteiger partial charge in [0.1, 0.15) is 12.7 Å². The Hall–Kier alpha value is -4.67. The smallest absolute Gasteiger partial charge is 0.267 e. The van der Waals surface area contributed by atoms with Gasteiger partial charge in [0.15, 0.2) is 17.1 Å². The van der Waals surface area contributed by atoms with Crippen LogP contribution in [0.25, 0.3) is 27.6 Å². The zero-order valence-electron chi connectivity index (χ0n) is 18.1. The lowest BCUT2D eigenvalue weighted by molar-refractivity contribution is 0.0996. The maximum absolute atomic E-state index is 13.3. The van der Waals surface area contributed by atoms with Crippen molar-refractivity contribution in [2.24, 2.45) is 0 Å². The van der Waals surface area contributed by atoms with Crippen molar-refractivity contribution in [1.82, 2.24) is 29.7 Å². The van der Waals surface area contributed by atoms with Crippen LogP contribution in [0.2, 0.25) is 0 Å². The van der Waals surface area contributed by atoms with Crippen molar-refractivity contribution in [3.63, 3.8) is 0 Å². The third kappa shape index (κ3) is 3.34. The highest BCUT2D eigenvalue weighted by Gasteiger charge is 2.21. The Morgan fingerprint density at radius 1 is 1.12 bits per heavy atom. The highest BCUT2D eigenvalue weighted by atomic mass is 16.6. The number of nitrogens with zero attached hydrogens (tertiary/aromatic N) is 5. The van der Waals surface area contributed by atoms with Gasteiger partial charge < -0.3 is 19.5 Å². The highest BCUT2D eigenvalue weighted by molar-refractivity contribution is 6.02. The maximum atomic E-state index is 13.3. The van der Waals surface area contributed by atoms with Crippen LogP contribution in [0.4, 0.5) is 5.95 Å². The van der Waals surface area contributed by atoms with Gasteiger partial charge in [0.25, 0.3) is 5.56 Å². The number of hydrogen-bond acceptors (Lipinski definition) is 9. The number of para-hydroxylation sites is 2. The summed E-state index contributed by atoms with van der Waals surface area (Å²) in [5.41, 5.74) is 1.26. The molecule has 0 saturated heterocycles. The Balaban J connectivity index is 1.37. The van der Waals surface area contributed by atoms with Crippen LogP contribution in [0.15, 0.2) is 59.8 Å². The van der Waals surface area contributed by atoms with Gasteiger partial charge in [0.05, 0.1) is 48.0 Å². The molecule has 11 nitrogen and oxygen atoms in total. The lowest BCUT2D eigenvalue weighted by atomic mass is 10.2. The van der Waals surface area contributed by atoms with Gasteiger partial charge in [-0.3, -0.25) is 14.5 Å². The number of aromatic amines is 1. The molecule has 2 N–H and O–H groups in total. The second kappa shape index (κ2) is 8.03. The van der Waals surface area contributed by atoms with Crippen molar-refractivity contribution in [2.45, 2.75) is 6.10 Å². The molecule has 34 heavy (non-hydrogen) atoms. The molecule has 4 aromatic heterocycles. The van der Waals surface area contributed by atoms with Gasteiger partial charge in [0, 0.05) is 12.3 Å². The van der Waals surface area contributed by atoms with Gasteiger partial charge in [-0.15, -0.1) is 0 Å². The molecule has 6 rings (SSSR count). The maximum Gasteiger partial charge on any atom is 0.267 e. The number of fused-ring (bicyclic) bond motifs is 4. The van der Waals surface area contributed by atoms with Crippen LogP contribution < -0.4 is 25.1 Å². The quantitative estimate of drug-likeness (QED) is 0.408. The number of H-pyrrole nitrogens is 1. The van der Waals surface area contributed by atoms with Crippen LogP contribution >= 0.6 is 0 Å². The second-order valence-corrected chi connectivity index (χ2v) is 7.67. The molecular formula is C23H19N7O4. The van der Waals surface area contributed by atoms with Gasteiger partial charge in [-0.2, -0.15) is 10.1 Å². The first-order chi connectivity index (χ1) is 16.7. The van der Waals surface area contributed by atoms with Crippen molar-refractivity contribution >= 4 is 27.9 Å². The standard InChI is InChI=1S/C23H19N7O4/c1-32-19-7-6-13(8-24-19)30-21-15(20-16(22(30)31)11-27-29-20)10-26-23(28-21)25-9-14-12-33-17-4-2-3-5-18(17)34-14/h2-8,10-11,14H,9,12H2,1H3,(H,27,29)(H,25,26,28). The van der Waals surface area contributed by atoms with E-state index in [9.17, 15) is 4.79 Å². The summed E-state index contributed by atoms with van der Waals surface area (Å²) in [6.45, 7) is 0.815. The number of rotatable bonds is 5. The fraction of sp³-hybridized carbons (Fsp3) is 0.174. The van der Waals surface area contributed by atoms with Crippen LogP contribution in [0.1, 0.15) is 0 Å². The molecule has 11 heteroatoms. The van der Waals surface area contributed by atoms with Crippen LogP contribution in [0.3, 0.4) is 0 Å². The lowest BCUT2D eigenvalue weighted by Crippen LogP contribution is -2.35. The van der Waals surface area contributed by atoms with Crippen LogP contribution in [-0.4, -0.2) is 56.1 Å². The average molecular weight is 457 g/mol. The first kappa shape index (κ1) is 20.0. The fourth-order valence-electron chi connectivity index (χ4n) is 3.91. The van der Waals surface area contributed by atoms with Crippen LogP contribution in [0.5, 0.6) is 17.4 Å². The Morgan fingerprint density at radius 3 is 2.82 bits per heavy atom. The zero-order chi connectivity index (χ0) is 23.1. The third-order valence-corrected chi connectivity index (χ3v) is 5.57. The van der Waals surface area contributed by atoms with Gasteiger partial charge in [0.2, 0.25) is 11.8 Å². The topological polar surface area (TPSA) is 129 Å². The molecule has 0 fully saturated rings. The van der Waals surface area contributed by atoms with E-state index < -0.39 is 0 Å². The zero-order valence-corrected chi connectivity index (χ0v) is 18.1. The SMILES string of the molecule is COc1ccc(-n2c(=O)c3cn[nH]c3c3cnc(NCC4COc5ccccc5O4)nc32)cn1. The second-order valence-electron chi connectivity index (χ2n) is 7.67. The predicted molar refractivity (Wildman–Crippen MR) is 124 cm³/mol. The van der Waals surface area contributed by atoms with E-state index in [0.29, 0.717) is 58.4 Å². The van der Waals surface area contributed by atoms with Crippen molar-refractivity contribution in [1.29, 1.82) is 0 Å². The summed E-state index contributed by atoms with van der Waals surface area (Å²) in [4.78, 5) is 26.6. The van der Waals surface area contributed by atoms with E-state index in [-0.39, 0.29) is 11.7 Å². The van der Waals surface area contributed by atoms with Gasteiger partial charge in [-0.05, 0) is 18.2 Å². The first-order valence-corrected chi connectivity index (χ1v) is 10.6. The molecule has 170 valence electrons. The van der Waals surface area contributed by atoms with Gasteiger partial charge in [-0.25, -0.2) is 9.97 Å². The fourth-order valence-corrected chi connectivity index (χ4v) is 3.91. The molecule has 5 heterocycles. The molecule has 1 aliphatic heterocycles. The number of anilines is 1. The summed E-state index contributed by atoms with van der Waals surface area (Å²) < 4.78 is 18.4. The molecule has 1 aliphatic rings. The summed E-state index contributed by atoms with van der Waals surface area (Å²) in [5.74, 6) is 2.21. The number of benzene rings is 1. The van der Waals surface area contributed by atoms with E-state index in [4.69, 9.17) is 14.2 Å². The van der Waals surface area contributed by atoms with Gasteiger partial charge in [-0.1, -0.05) is 12.1 Å². The Morgan fingerprint density at radius 2 is 2.00 bits per heavy atom. The molecule has 1 aromatic carbocycles. The minimum Gasteiger partial charge on any atom is -0.486 e. The van der Waals surface area contributed by atoms with Gasteiger partial charge >= 0.3 is 0 Å². The van der Waals surface area contributed by atoms with Crippen molar-refractivity contribution in [2.75, 3.05) is 25.6 Å². The molecule has 0 spiro atoms. The van der Waals surface area contributed by atoms with E-state index in [1.54, 1.807) is 24.5 Å². The van der Waals surface area contributed by atoms with Crippen molar-refractivity contribution in [3.8, 4) is 23.1 Å². The summed E-state index contributed by atoms with van der Waals surface area (Å²) >= 11 is 0. The molecule has 0 bridgehead atoms. The largest absolute Gasteiger partial charge is 0.486 e. The van der Waals surface area contributed by atoms with Crippen LogP contribution in [-0.2, 0) is 0 Å². The number of methoxy groups -OCH3 is 1. The number of aromatic nitrogens is 6. The molecule has 0 saturated carbocycles. The van der Waals surface area contributed by atoms with E-state index in [1.165, 1.54) is 17.9 Å². The molecule has 0 radical (unpaired) electrons. The molecule has 5 aromatic rings. The summed E-state index contributed by atoms with van der Waals surface area (Å²) in [6.07, 6.45) is 4.49.